The molecule has 8 heteroatoms. The van der Waals surface area contributed by atoms with E-state index in [0.717, 1.165) is 46.7 Å². The van der Waals surface area contributed by atoms with Crippen molar-refractivity contribution >= 4 is 44.8 Å². The minimum Gasteiger partial charge on any atom is -0.370 e. The number of non-ortho nitro benzene ring substituents is 1. The fourth-order valence-corrected chi connectivity index (χ4v) is 5.78. The van der Waals surface area contributed by atoms with Gasteiger partial charge in [-0.25, -0.2) is 9.97 Å². The first-order valence-corrected chi connectivity index (χ1v) is 11.3. The molecule has 0 bridgehead atoms. The summed E-state index contributed by atoms with van der Waals surface area (Å²) >= 11 is 3.37. The highest BCUT2D eigenvalue weighted by Crippen LogP contribution is 2.41. The Morgan fingerprint density at radius 2 is 2.11 bits per heavy atom. The first-order valence-electron chi connectivity index (χ1n) is 9.47. The number of aryl methyl sites for hydroxylation is 1. The van der Waals surface area contributed by atoms with Crippen LogP contribution in [0.2, 0.25) is 0 Å². The third-order valence-electron chi connectivity index (χ3n) is 4.99. The van der Waals surface area contributed by atoms with Crippen LogP contribution in [0.4, 0.5) is 11.5 Å². The number of aromatic nitrogens is 2. The lowest BCUT2D eigenvalue weighted by Gasteiger charge is -2.18. The first-order chi connectivity index (χ1) is 13.5. The maximum atomic E-state index is 10.8. The average Bonchev–Trinajstić information content (AvgIpc) is 3.04. The van der Waals surface area contributed by atoms with Crippen molar-refractivity contribution in [2.24, 2.45) is 5.92 Å². The maximum Gasteiger partial charge on any atom is 0.269 e. The number of hydrogen-bond donors (Lipinski definition) is 1. The molecular formula is C20H22N4O2S2. The molecular weight excluding hydrogens is 392 g/mol. The highest BCUT2D eigenvalue weighted by atomic mass is 32.2. The van der Waals surface area contributed by atoms with Gasteiger partial charge in [0, 0.05) is 29.3 Å². The molecule has 0 spiro atoms. The summed E-state index contributed by atoms with van der Waals surface area (Å²) in [5.74, 6) is 2.34. The highest BCUT2D eigenvalue weighted by molar-refractivity contribution is 7.98. The zero-order valence-electron chi connectivity index (χ0n) is 15.9. The van der Waals surface area contributed by atoms with E-state index in [-0.39, 0.29) is 10.6 Å². The van der Waals surface area contributed by atoms with Crippen molar-refractivity contribution in [2.45, 2.75) is 44.0 Å². The molecule has 28 heavy (non-hydrogen) atoms. The number of anilines is 1. The Morgan fingerprint density at radius 3 is 2.82 bits per heavy atom. The van der Waals surface area contributed by atoms with Crippen LogP contribution in [0, 0.1) is 16.0 Å². The van der Waals surface area contributed by atoms with Crippen LogP contribution < -0.4 is 5.32 Å². The van der Waals surface area contributed by atoms with Crippen molar-refractivity contribution in [3.8, 4) is 0 Å². The molecule has 0 aliphatic heterocycles. The van der Waals surface area contributed by atoms with Gasteiger partial charge in [0.25, 0.3) is 5.69 Å². The van der Waals surface area contributed by atoms with Gasteiger partial charge < -0.3 is 5.32 Å². The Bertz CT molecular complexity index is 1020. The third-order valence-corrected chi connectivity index (χ3v) is 7.06. The molecule has 1 aliphatic rings. The van der Waals surface area contributed by atoms with E-state index >= 15 is 0 Å². The molecule has 0 saturated carbocycles. The summed E-state index contributed by atoms with van der Waals surface area (Å²) in [6, 6.07) is 6.66. The van der Waals surface area contributed by atoms with Crippen LogP contribution in [-0.4, -0.2) is 21.4 Å². The predicted molar refractivity (Wildman–Crippen MR) is 115 cm³/mol. The summed E-state index contributed by atoms with van der Waals surface area (Å²) in [4.78, 5) is 22.6. The topological polar surface area (TPSA) is 81.0 Å². The van der Waals surface area contributed by atoms with E-state index in [2.05, 4.69) is 19.2 Å². The normalized spacial score (nSPS) is 16.1. The standard InChI is InChI=1S/C20H22N4O2S2/c1-3-21-18-17-15-9-4-12(2)10-16(15)28-19(17)23-20(22-18)27-11-13-5-7-14(8-6-13)24(25)26/h5-8,12H,3-4,9-11H2,1-2H3,(H,21,22,23). The van der Waals surface area contributed by atoms with Crippen molar-refractivity contribution in [3.05, 3.63) is 50.4 Å². The molecule has 2 heterocycles. The number of nitro benzene ring substituents is 1. The predicted octanol–water partition coefficient (Wildman–Crippen LogP) is 5.45. The lowest BCUT2D eigenvalue weighted by Crippen LogP contribution is -2.09. The SMILES string of the molecule is CCNc1nc(SCc2ccc([N+](=O)[O-])cc2)nc2sc3c(c12)CCC(C)C3. The Labute approximate surface area is 171 Å². The summed E-state index contributed by atoms with van der Waals surface area (Å²) in [6.45, 7) is 5.22. The Balaban J connectivity index is 1.61. The third kappa shape index (κ3) is 3.84. The molecule has 4 rings (SSSR count). The Hall–Kier alpha value is -2.19. The molecule has 1 N–H and O–H groups in total. The van der Waals surface area contributed by atoms with Crippen molar-refractivity contribution in [2.75, 3.05) is 11.9 Å². The van der Waals surface area contributed by atoms with Gasteiger partial charge in [-0.3, -0.25) is 10.1 Å². The summed E-state index contributed by atoms with van der Waals surface area (Å²) in [6.07, 6.45) is 3.46. The lowest BCUT2D eigenvalue weighted by molar-refractivity contribution is -0.384. The van der Waals surface area contributed by atoms with E-state index in [0.29, 0.717) is 5.75 Å². The van der Waals surface area contributed by atoms with Crippen LogP contribution in [0.5, 0.6) is 0 Å². The van der Waals surface area contributed by atoms with Crippen molar-refractivity contribution in [1.82, 2.24) is 9.97 Å². The van der Waals surface area contributed by atoms with Gasteiger partial charge in [0.15, 0.2) is 5.16 Å². The smallest absolute Gasteiger partial charge is 0.269 e. The monoisotopic (exact) mass is 414 g/mol. The molecule has 0 radical (unpaired) electrons. The minimum atomic E-state index is -0.379. The van der Waals surface area contributed by atoms with E-state index in [9.17, 15) is 10.1 Å². The quantitative estimate of drug-likeness (QED) is 0.250. The summed E-state index contributed by atoms with van der Waals surface area (Å²) in [5, 5.41) is 16.2. The zero-order chi connectivity index (χ0) is 19.7. The van der Waals surface area contributed by atoms with Gasteiger partial charge in [0.05, 0.1) is 10.3 Å². The van der Waals surface area contributed by atoms with Crippen LogP contribution in [0.1, 0.15) is 36.3 Å². The summed E-state index contributed by atoms with van der Waals surface area (Å²) in [7, 11) is 0. The molecule has 1 aliphatic carbocycles. The largest absolute Gasteiger partial charge is 0.370 e. The minimum absolute atomic E-state index is 0.110. The number of rotatable bonds is 6. The lowest BCUT2D eigenvalue weighted by atomic mass is 9.89. The second-order valence-electron chi connectivity index (χ2n) is 7.13. The van der Waals surface area contributed by atoms with E-state index in [1.165, 1.54) is 22.2 Å². The molecule has 146 valence electrons. The van der Waals surface area contributed by atoms with E-state index in [1.807, 2.05) is 0 Å². The molecule has 0 amide bonds. The van der Waals surface area contributed by atoms with Gasteiger partial charge in [0.1, 0.15) is 10.6 Å². The molecule has 0 saturated heterocycles. The number of thiophene rings is 1. The molecule has 2 aromatic heterocycles. The zero-order valence-corrected chi connectivity index (χ0v) is 17.5. The highest BCUT2D eigenvalue weighted by Gasteiger charge is 2.24. The molecule has 1 atom stereocenters. The molecule has 0 fully saturated rings. The van der Waals surface area contributed by atoms with Gasteiger partial charge in [-0.2, -0.15) is 0 Å². The number of thioether (sulfide) groups is 1. The van der Waals surface area contributed by atoms with Crippen molar-refractivity contribution in [3.63, 3.8) is 0 Å². The van der Waals surface area contributed by atoms with Gasteiger partial charge >= 0.3 is 0 Å². The number of benzene rings is 1. The van der Waals surface area contributed by atoms with Crippen molar-refractivity contribution < 1.29 is 4.92 Å². The van der Waals surface area contributed by atoms with Crippen LogP contribution in [-0.2, 0) is 18.6 Å². The first kappa shape index (κ1) is 19.1. The second kappa shape index (κ2) is 8.05. The average molecular weight is 415 g/mol. The molecule has 6 nitrogen and oxygen atoms in total. The maximum absolute atomic E-state index is 10.8. The van der Waals surface area contributed by atoms with Crippen LogP contribution in [0.15, 0.2) is 29.4 Å². The van der Waals surface area contributed by atoms with Crippen LogP contribution in [0.25, 0.3) is 10.2 Å². The number of nitrogens with zero attached hydrogens (tertiary/aromatic N) is 3. The van der Waals surface area contributed by atoms with E-state index in [1.54, 1.807) is 47.4 Å². The number of fused-ring (bicyclic) bond motifs is 3. The summed E-state index contributed by atoms with van der Waals surface area (Å²) in [5.41, 5.74) is 2.56. The Morgan fingerprint density at radius 1 is 1.32 bits per heavy atom. The van der Waals surface area contributed by atoms with Gasteiger partial charge in [-0.15, -0.1) is 11.3 Å². The molecule has 3 aromatic rings. The Kier molecular flexibility index (Phi) is 5.50. The number of hydrogen-bond acceptors (Lipinski definition) is 7. The fourth-order valence-electron chi connectivity index (χ4n) is 3.54. The van der Waals surface area contributed by atoms with Gasteiger partial charge in [-0.1, -0.05) is 30.8 Å². The van der Waals surface area contributed by atoms with E-state index in [4.69, 9.17) is 9.97 Å². The van der Waals surface area contributed by atoms with E-state index < -0.39 is 0 Å². The molecule has 1 unspecified atom stereocenters. The number of nitrogens with one attached hydrogen (secondary N) is 1. The summed E-state index contributed by atoms with van der Waals surface area (Å²) < 4.78 is 0. The van der Waals surface area contributed by atoms with Gasteiger partial charge in [-0.05, 0) is 43.2 Å². The van der Waals surface area contributed by atoms with Gasteiger partial charge in [0.2, 0.25) is 0 Å². The van der Waals surface area contributed by atoms with Crippen LogP contribution in [0.3, 0.4) is 0 Å². The number of nitro groups is 1. The second-order valence-corrected chi connectivity index (χ2v) is 9.16. The molecule has 1 aromatic carbocycles. The van der Waals surface area contributed by atoms with Crippen molar-refractivity contribution in [1.29, 1.82) is 0 Å². The fraction of sp³-hybridized carbons (Fsp3) is 0.400. The van der Waals surface area contributed by atoms with Crippen LogP contribution >= 0.6 is 23.1 Å².